The Morgan fingerprint density at radius 1 is 1.50 bits per heavy atom. The Labute approximate surface area is 98.7 Å². The Kier molecular flexibility index (Phi) is 6.85. The lowest BCUT2D eigenvalue weighted by Crippen LogP contribution is -2.35. The van der Waals surface area contributed by atoms with Crippen LogP contribution in [0, 0.1) is 0 Å². The van der Waals surface area contributed by atoms with E-state index in [1.54, 1.807) is 7.05 Å². The SMILES string of the molecule is CC(CC(N)=S)N(C)CCOCC(F)(F)F. The van der Waals surface area contributed by atoms with Gasteiger partial charge in [-0.2, -0.15) is 13.2 Å². The molecule has 16 heavy (non-hydrogen) atoms. The van der Waals surface area contributed by atoms with Crippen molar-refractivity contribution in [2.45, 2.75) is 25.6 Å². The van der Waals surface area contributed by atoms with Gasteiger partial charge < -0.3 is 15.4 Å². The molecule has 0 radical (unpaired) electrons. The van der Waals surface area contributed by atoms with Gasteiger partial charge in [0.25, 0.3) is 0 Å². The summed E-state index contributed by atoms with van der Waals surface area (Å²) < 4.78 is 39.7. The van der Waals surface area contributed by atoms with E-state index >= 15 is 0 Å². The van der Waals surface area contributed by atoms with Crippen LogP contribution < -0.4 is 5.73 Å². The molecular formula is C9H17F3N2OS. The fourth-order valence-electron chi connectivity index (χ4n) is 1.06. The van der Waals surface area contributed by atoms with Gasteiger partial charge >= 0.3 is 6.18 Å². The molecule has 0 saturated heterocycles. The predicted octanol–water partition coefficient (Wildman–Crippen LogP) is 1.56. The first-order valence-corrected chi connectivity index (χ1v) is 5.26. The van der Waals surface area contributed by atoms with Crippen LogP contribution in [0.2, 0.25) is 0 Å². The van der Waals surface area contributed by atoms with Crippen molar-refractivity contribution in [1.29, 1.82) is 0 Å². The Morgan fingerprint density at radius 3 is 2.50 bits per heavy atom. The van der Waals surface area contributed by atoms with Gasteiger partial charge in [-0.15, -0.1) is 0 Å². The average Bonchev–Trinajstić information content (AvgIpc) is 2.09. The molecule has 0 heterocycles. The maximum Gasteiger partial charge on any atom is 0.411 e. The molecule has 2 N–H and O–H groups in total. The van der Waals surface area contributed by atoms with Gasteiger partial charge in [0.05, 0.1) is 11.6 Å². The second kappa shape index (κ2) is 7.03. The van der Waals surface area contributed by atoms with Crippen LogP contribution in [0.5, 0.6) is 0 Å². The van der Waals surface area contributed by atoms with Crippen molar-refractivity contribution in [3.05, 3.63) is 0 Å². The first-order valence-electron chi connectivity index (χ1n) is 4.85. The van der Waals surface area contributed by atoms with E-state index in [0.717, 1.165) is 0 Å². The number of nitrogens with two attached hydrogens (primary N) is 1. The van der Waals surface area contributed by atoms with Gasteiger partial charge in [-0.3, -0.25) is 0 Å². The molecule has 1 atom stereocenters. The molecule has 0 rings (SSSR count). The zero-order chi connectivity index (χ0) is 12.8. The number of rotatable bonds is 7. The maximum atomic E-state index is 11.7. The van der Waals surface area contributed by atoms with Gasteiger partial charge in [-0.1, -0.05) is 12.2 Å². The minimum absolute atomic E-state index is 0.0394. The van der Waals surface area contributed by atoms with E-state index < -0.39 is 12.8 Å². The first kappa shape index (κ1) is 15.6. The lowest BCUT2D eigenvalue weighted by atomic mass is 10.2. The first-order chi connectivity index (χ1) is 7.22. The summed E-state index contributed by atoms with van der Waals surface area (Å²) in [5.74, 6) is 0. The number of ether oxygens (including phenoxy) is 1. The second-order valence-corrected chi connectivity index (χ2v) is 4.19. The summed E-state index contributed by atoms with van der Waals surface area (Å²) in [7, 11) is 1.79. The Hall–Kier alpha value is -0.400. The van der Waals surface area contributed by atoms with Crippen molar-refractivity contribution in [1.82, 2.24) is 4.90 Å². The molecule has 7 heteroatoms. The molecule has 0 bridgehead atoms. The minimum Gasteiger partial charge on any atom is -0.393 e. The van der Waals surface area contributed by atoms with E-state index in [1.165, 1.54) is 0 Å². The van der Waals surface area contributed by atoms with Crippen molar-refractivity contribution >= 4 is 17.2 Å². The number of hydrogen-bond donors (Lipinski definition) is 1. The van der Waals surface area contributed by atoms with E-state index in [4.69, 9.17) is 18.0 Å². The smallest absolute Gasteiger partial charge is 0.393 e. The summed E-state index contributed by atoms with van der Waals surface area (Å²) in [4.78, 5) is 2.26. The number of thiocarbonyl (C=S) groups is 1. The van der Waals surface area contributed by atoms with Crippen LogP contribution in [0.25, 0.3) is 0 Å². The minimum atomic E-state index is -4.26. The molecule has 3 nitrogen and oxygen atoms in total. The summed E-state index contributed by atoms with van der Waals surface area (Å²) in [6, 6.07) is 0.104. The summed E-state index contributed by atoms with van der Waals surface area (Å²) in [5.41, 5.74) is 5.37. The highest BCUT2D eigenvalue weighted by atomic mass is 32.1. The molecule has 0 aliphatic heterocycles. The largest absolute Gasteiger partial charge is 0.411 e. The second-order valence-electron chi connectivity index (χ2n) is 3.67. The molecule has 0 saturated carbocycles. The van der Waals surface area contributed by atoms with E-state index in [1.807, 2.05) is 11.8 Å². The van der Waals surface area contributed by atoms with Crippen LogP contribution in [0.1, 0.15) is 13.3 Å². The molecule has 0 aromatic rings. The number of nitrogens with zero attached hydrogens (tertiary/aromatic N) is 1. The molecule has 0 aromatic carbocycles. The van der Waals surface area contributed by atoms with E-state index in [-0.39, 0.29) is 12.6 Å². The lowest BCUT2D eigenvalue weighted by Gasteiger charge is -2.24. The van der Waals surface area contributed by atoms with Crippen LogP contribution in [0.4, 0.5) is 13.2 Å². The number of hydrogen-bond acceptors (Lipinski definition) is 3. The van der Waals surface area contributed by atoms with Crippen LogP contribution in [-0.2, 0) is 4.74 Å². The summed E-state index contributed by atoms with van der Waals surface area (Å²) in [5, 5.41) is 0. The molecule has 0 spiro atoms. The van der Waals surface area contributed by atoms with E-state index in [9.17, 15) is 13.2 Å². The Morgan fingerprint density at radius 2 is 2.06 bits per heavy atom. The molecule has 0 aliphatic carbocycles. The highest BCUT2D eigenvalue weighted by molar-refractivity contribution is 7.80. The van der Waals surface area contributed by atoms with Gasteiger partial charge in [0, 0.05) is 19.0 Å². The molecule has 0 aliphatic rings. The Balaban J connectivity index is 3.65. The van der Waals surface area contributed by atoms with Gasteiger partial charge in [0.1, 0.15) is 6.61 Å². The summed E-state index contributed by atoms with van der Waals surface area (Å²) in [6.45, 7) is 1.16. The standard InChI is InChI=1S/C9H17F3N2OS/c1-7(5-8(13)16)14(2)3-4-15-6-9(10,11)12/h7H,3-6H2,1-2H3,(H2,13,16). The molecule has 0 amide bonds. The van der Waals surface area contributed by atoms with Crippen LogP contribution in [-0.4, -0.2) is 48.9 Å². The third-order valence-corrected chi connectivity index (χ3v) is 2.27. The van der Waals surface area contributed by atoms with Crippen molar-refractivity contribution in [2.75, 3.05) is 26.8 Å². The highest BCUT2D eigenvalue weighted by Crippen LogP contribution is 2.14. The third kappa shape index (κ3) is 8.87. The van der Waals surface area contributed by atoms with Gasteiger partial charge in [0.15, 0.2) is 0 Å². The average molecular weight is 258 g/mol. The zero-order valence-corrected chi connectivity index (χ0v) is 10.2. The van der Waals surface area contributed by atoms with Crippen molar-refractivity contribution in [3.63, 3.8) is 0 Å². The molecular weight excluding hydrogens is 241 g/mol. The monoisotopic (exact) mass is 258 g/mol. The summed E-state index contributed by atoms with van der Waals surface area (Å²) >= 11 is 4.75. The fraction of sp³-hybridized carbons (Fsp3) is 0.889. The highest BCUT2D eigenvalue weighted by Gasteiger charge is 2.27. The van der Waals surface area contributed by atoms with Crippen molar-refractivity contribution in [3.8, 4) is 0 Å². The van der Waals surface area contributed by atoms with Crippen LogP contribution in [0.15, 0.2) is 0 Å². The topological polar surface area (TPSA) is 38.5 Å². The van der Waals surface area contributed by atoms with E-state index in [0.29, 0.717) is 18.0 Å². The van der Waals surface area contributed by atoms with Crippen molar-refractivity contribution < 1.29 is 17.9 Å². The van der Waals surface area contributed by atoms with Gasteiger partial charge in [0.2, 0.25) is 0 Å². The van der Waals surface area contributed by atoms with Gasteiger partial charge in [-0.25, -0.2) is 0 Å². The fourth-order valence-corrected chi connectivity index (χ4v) is 1.31. The van der Waals surface area contributed by atoms with Crippen molar-refractivity contribution in [2.24, 2.45) is 5.73 Å². The number of likely N-dealkylation sites (N-methyl/N-ethyl adjacent to an activating group) is 1. The number of halogens is 3. The molecule has 0 aromatic heterocycles. The molecule has 0 fully saturated rings. The number of alkyl halides is 3. The van der Waals surface area contributed by atoms with Gasteiger partial charge in [-0.05, 0) is 14.0 Å². The van der Waals surface area contributed by atoms with Crippen LogP contribution >= 0.6 is 12.2 Å². The lowest BCUT2D eigenvalue weighted by molar-refractivity contribution is -0.174. The van der Waals surface area contributed by atoms with E-state index in [2.05, 4.69) is 4.74 Å². The maximum absolute atomic E-state index is 11.7. The normalized spacial score (nSPS) is 14.1. The predicted molar refractivity (Wildman–Crippen MR) is 60.4 cm³/mol. The summed E-state index contributed by atoms with van der Waals surface area (Å²) in [6.07, 6.45) is -3.71. The molecule has 96 valence electrons. The third-order valence-electron chi connectivity index (χ3n) is 2.10. The zero-order valence-electron chi connectivity index (χ0n) is 9.38. The quantitative estimate of drug-likeness (QED) is 0.555. The Bertz CT molecular complexity index is 223. The van der Waals surface area contributed by atoms with Crippen LogP contribution in [0.3, 0.4) is 0 Å². The molecule has 1 unspecified atom stereocenters.